The highest BCUT2D eigenvalue weighted by Crippen LogP contribution is 2.23. The molecule has 0 aliphatic carbocycles. The fourth-order valence-electron chi connectivity index (χ4n) is 2.09. The van der Waals surface area contributed by atoms with Gasteiger partial charge in [-0.3, -0.25) is 4.90 Å². The van der Waals surface area contributed by atoms with Gasteiger partial charge in [-0.2, -0.15) is 12.6 Å². The van der Waals surface area contributed by atoms with Crippen LogP contribution in [0.5, 0.6) is 0 Å². The van der Waals surface area contributed by atoms with Crippen LogP contribution in [0.25, 0.3) is 0 Å². The van der Waals surface area contributed by atoms with Crippen molar-refractivity contribution >= 4 is 12.6 Å². The summed E-state index contributed by atoms with van der Waals surface area (Å²) in [6.45, 7) is 9.69. The summed E-state index contributed by atoms with van der Waals surface area (Å²) < 4.78 is 0. The monoisotopic (exact) mass is 199 g/mol. The number of likely N-dealkylation sites (tertiary alicyclic amines) is 1. The highest BCUT2D eigenvalue weighted by atomic mass is 32.1. The van der Waals surface area contributed by atoms with Crippen LogP contribution in [0.2, 0.25) is 0 Å². The summed E-state index contributed by atoms with van der Waals surface area (Å²) in [6.07, 6.45) is 4.06. The van der Waals surface area contributed by atoms with E-state index in [1.54, 1.807) is 0 Å². The maximum Gasteiger partial charge on any atom is 0.0203 e. The van der Waals surface area contributed by atoms with Crippen LogP contribution in [-0.2, 0) is 0 Å². The Hall–Kier alpha value is 0.0500. The number of hydrogen-bond donors (Lipinski definition) is 1. The molecule has 1 fully saturated rings. The van der Waals surface area contributed by atoms with Crippen LogP contribution in [0, 0.1) is 0 Å². The zero-order valence-corrected chi connectivity index (χ0v) is 9.69. The average Bonchev–Trinajstić information content (AvgIpc) is 2.11. The lowest BCUT2D eigenvalue weighted by atomic mass is 9.97. The predicted octanol–water partition coefficient (Wildman–Crippen LogP) is 2.74. The van der Waals surface area contributed by atoms with Crippen LogP contribution >= 0.6 is 12.6 Å². The quantitative estimate of drug-likeness (QED) is 0.540. The summed E-state index contributed by atoms with van der Waals surface area (Å²) in [5.74, 6) is 0.815. The van der Waals surface area contributed by atoms with E-state index < -0.39 is 0 Å². The van der Waals surface area contributed by atoms with Crippen molar-refractivity contribution in [2.45, 2.75) is 45.2 Å². The molecule has 0 saturated carbocycles. The van der Waals surface area contributed by atoms with Gasteiger partial charge < -0.3 is 0 Å². The molecule has 2 heteroatoms. The maximum absolute atomic E-state index is 4.25. The van der Waals surface area contributed by atoms with Gasteiger partial charge in [0.1, 0.15) is 0 Å². The number of hydrogen-bond acceptors (Lipinski definition) is 2. The van der Waals surface area contributed by atoms with Crippen molar-refractivity contribution in [2.24, 2.45) is 0 Å². The van der Waals surface area contributed by atoms with Gasteiger partial charge in [0.25, 0.3) is 0 Å². The Morgan fingerprint density at radius 2 is 1.92 bits per heavy atom. The van der Waals surface area contributed by atoms with Crippen molar-refractivity contribution in [1.29, 1.82) is 0 Å². The molecule has 1 aliphatic rings. The highest BCUT2D eigenvalue weighted by molar-refractivity contribution is 7.80. The number of thiol groups is 1. The molecule has 2 atom stereocenters. The predicted molar refractivity (Wildman–Crippen MR) is 62.5 cm³/mol. The van der Waals surface area contributed by atoms with Crippen LogP contribution in [0.15, 0.2) is 12.2 Å². The average molecular weight is 199 g/mol. The van der Waals surface area contributed by atoms with Crippen LogP contribution in [0.1, 0.15) is 33.1 Å². The molecule has 1 rings (SSSR count). The van der Waals surface area contributed by atoms with E-state index in [9.17, 15) is 0 Å². The Morgan fingerprint density at radius 1 is 1.38 bits per heavy atom. The largest absolute Gasteiger partial charge is 0.294 e. The second-order valence-electron chi connectivity index (χ2n) is 4.21. The number of rotatable bonds is 3. The van der Waals surface area contributed by atoms with Crippen molar-refractivity contribution in [3.8, 4) is 0 Å². The standard InChI is InChI=1S/C11H21NS/c1-9(8-13)7-12-10(2)5-4-6-11(12)3/h10-11,13H,1,4-8H2,2-3H3. The second kappa shape index (κ2) is 5.06. The van der Waals surface area contributed by atoms with Gasteiger partial charge >= 0.3 is 0 Å². The first-order chi connectivity index (χ1) is 6.15. The molecule has 76 valence electrons. The number of piperidine rings is 1. The third-order valence-corrected chi connectivity index (χ3v) is 3.45. The van der Waals surface area contributed by atoms with Crippen LogP contribution in [0.3, 0.4) is 0 Å². The molecule has 0 amide bonds. The lowest BCUT2D eigenvalue weighted by Gasteiger charge is -2.39. The minimum atomic E-state index is 0.723. The molecule has 0 aromatic carbocycles. The summed E-state index contributed by atoms with van der Waals surface area (Å²) in [6, 6.07) is 1.45. The summed E-state index contributed by atoms with van der Waals surface area (Å²) in [7, 11) is 0. The van der Waals surface area contributed by atoms with Crippen LogP contribution < -0.4 is 0 Å². The van der Waals surface area contributed by atoms with E-state index in [-0.39, 0.29) is 0 Å². The summed E-state index contributed by atoms with van der Waals surface area (Å²) in [5, 5.41) is 0. The Balaban J connectivity index is 2.48. The van der Waals surface area contributed by atoms with Gasteiger partial charge in [0.15, 0.2) is 0 Å². The van der Waals surface area contributed by atoms with E-state index in [0.717, 1.165) is 24.4 Å². The molecule has 1 nitrogen and oxygen atoms in total. The summed E-state index contributed by atoms with van der Waals surface area (Å²) >= 11 is 4.25. The first-order valence-electron chi connectivity index (χ1n) is 5.18. The van der Waals surface area contributed by atoms with Gasteiger partial charge in [0, 0.05) is 24.4 Å². The first kappa shape index (κ1) is 11.1. The van der Waals surface area contributed by atoms with Crippen molar-refractivity contribution in [1.82, 2.24) is 4.90 Å². The minimum absolute atomic E-state index is 0.723. The molecular weight excluding hydrogens is 178 g/mol. The lowest BCUT2D eigenvalue weighted by Crippen LogP contribution is -2.44. The van der Waals surface area contributed by atoms with Gasteiger partial charge in [-0.15, -0.1) is 0 Å². The number of nitrogens with zero attached hydrogens (tertiary/aromatic N) is 1. The SMILES string of the molecule is C=C(CS)CN1C(C)CCCC1C. The molecule has 0 N–H and O–H groups in total. The third-order valence-electron chi connectivity index (χ3n) is 3.01. The molecule has 1 saturated heterocycles. The second-order valence-corrected chi connectivity index (χ2v) is 4.53. The molecule has 0 radical (unpaired) electrons. The van der Waals surface area contributed by atoms with Gasteiger partial charge in [-0.25, -0.2) is 0 Å². The van der Waals surface area contributed by atoms with Crippen molar-refractivity contribution in [2.75, 3.05) is 12.3 Å². The van der Waals surface area contributed by atoms with Crippen molar-refractivity contribution in [3.63, 3.8) is 0 Å². The Bertz CT molecular complexity index is 169. The van der Waals surface area contributed by atoms with E-state index in [0.29, 0.717) is 0 Å². The van der Waals surface area contributed by atoms with E-state index in [1.165, 1.54) is 24.8 Å². The lowest BCUT2D eigenvalue weighted by molar-refractivity contribution is 0.116. The van der Waals surface area contributed by atoms with Crippen molar-refractivity contribution in [3.05, 3.63) is 12.2 Å². The molecule has 0 bridgehead atoms. The molecule has 0 aromatic heterocycles. The fraction of sp³-hybridized carbons (Fsp3) is 0.818. The van der Waals surface area contributed by atoms with E-state index in [4.69, 9.17) is 0 Å². The Kier molecular flexibility index (Phi) is 4.33. The van der Waals surface area contributed by atoms with Gasteiger partial charge in [0.2, 0.25) is 0 Å². The van der Waals surface area contributed by atoms with Gasteiger partial charge in [-0.1, -0.05) is 18.6 Å². The molecule has 1 aliphatic heterocycles. The van der Waals surface area contributed by atoms with E-state index >= 15 is 0 Å². The summed E-state index contributed by atoms with van der Waals surface area (Å²) in [4.78, 5) is 2.56. The summed E-state index contributed by atoms with van der Waals surface area (Å²) in [5.41, 5.74) is 1.24. The Morgan fingerprint density at radius 3 is 2.38 bits per heavy atom. The normalized spacial score (nSPS) is 30.4. The van der Waals surface area contributed by atoms with Gasteiger partial charge in [-0.05, 0) is 26.7 Å². The van der Waals surface area contributed by atoms with Crippen molar-refractivity contribution < 1.29 is 0 Å². The van der Waals surface area contributed by atoms with Crippen LogP contribution in [0.4, 0.5) is 0 Å². The first-order valence-corrected chi connectivity index (χ1v) is 5.81. The van der Waals surface area contributed by atoms with Gasteiger partial charge in [0.05, 0.1) is 0 Å². The third kappa shape index (κ3) is 3.03. The van der Waals surface area contributed by atoms with E-state index in [2.05, 4.69) is 38.0 Å². The smallest absolute Gasteiger partial charge is 0.0203 e. The Labute approximate surface area is 87.6 Å². The van der Waals surface area contributed by atoms with Crippen LogP contribution in [-0.4, -0.2) is 29.3 Å². The fourth-order valence-corrected chi connectivity index (χ4v) is 2.19. The molecular formula is C11H21NS. The van der Waals surface area contributed by atoms with E-state index in [1.807, 2.05) is 0 Å². The molecule has 0 aromatic rings. The zero-order valence-electron chi connectivity index (χ0n) is 8.79. The molecule has 13 heavy (non-hydrogen) atoms. The molecule has 1 heterocycles. The highest BCUT2D eigenvalue weighted by Gasteiger charge is 2.24. The minimum Gasteiger partial charge on any atom is -0.294 e. The maximum atomic E-state index is 4.25. The zero-order chi connectivity index (χ0) is 9.84. The molecule has 2 unspecified atom stereocenters. The topological polar surface area (TPSA) is 3.24 Å². The molecule has 0 spiro atoms.